The number of aromatic nitrogens is 1. The molecule has 0 aliphatic carbocycles. The van der Waals surface area contributed by atoms with Crippen LogP contribution in [0.1, 0.15) is 37.5 Å². The Bertz CT molecular complexity index is 1310. The van der Waals surface area contributed by atoms with Crippen LogP contribution in [0.15, 0.2) is 77.3 Å². The third-order valence-corrected chi connectivity index (χ3v) is 6.08. The molecule has 0 saturated heterocycles. The van der Waals surface area contributed by atoms with Gasteiger partial charge in [0.05, 0.1) is 11.3 Å². The van der Waals surface area contributed by atoms with Gasteiger partial charge in [0.15, 0.2) is 0 Å². The zero-order valence-corrected chi connectivity index (χ0v) is 20.1. The van der Waals surface area contributed by atoms with E-state index in [4.69, 9.17) is 17.3 Å². The van der Waals surface area contributed by atoms with E-state index in [1.165, 1.54) is 0 Å². The molecule has 0 aliphatic rings. The number of nitrogen functional groups attached to an aromatic ring is 1. The van der Waals surface area contributed by atoms with Gasteiger partial charge in [-0.05, 0) is 54.4 Å². The van der Waals surface area contributed by atoms with Crippen molar-refractivity contribution in [2.45, 2.75) is 13.5 Å². The fourth-order valence-corrected chi connectivity index (χ4v) is 3.94. The van der Waals surface area contributed by atoms with Crippen LogP contribution in [0.2, 0.25) is 5.02 Å². The fraction of sp³-hybridized carbons (Fsp3) is 0.0769. The number of hydrogen-bond donors (Lipinski definition) is 3. The lowest BCUT2D eigenvalue weighted by Gasteiger charge is -2.10. The van der Waals surface area contributed by atoms with Crippen LogP contribution in [0.5, 0.6) is 0 Å². The molecule has 5 nitrogen and oxygen atoms in total. The van der Waals surface area contributed by atoms with Crippen LogP contribution in [0, 0.1) is 6.92 Å². The highest BCUT2D eigenvalue weighted by Gasteiger charge is 2.27. The van der Waals surface area contributed by atoms with Crippen LogP contribution in [-0.4, -0.2) is 16.7 Å². The first kappa shape index (κ1) is 22.8. The van der Waals surface area contributed by atoms with Crippen LogP contribution in [0.4, 0.5) is 5.82 Å². The van der Waals surface area contributed by atoms with Gasteiger partial charge in [-0.1, -0.05) is 69.5 Å². The van der Waals surface area contributed by atoms with E-state index < -0.39 is 0 Å². The molecule has 0 fully saturated rings. The molecule has 0 unspecified atom stereocenters. The summed E-state index contributed by atoms with van der Waals surface area (Å²) in [6.07, 6.45) is 0. The monoisotopic (exact) mass is 521 g/mol. The third-order valence-electron chi connectivity index (χ3n) is 5.30. The average Bonchev–Trinajstić information content (AvgIpc) is 3.16. The molecule has 0 atom stereocenters. The minimum absolute atomic E-state index is 0.139. The molecule has 4 aromatic rings. The highest BCUT2D eigenvalue weighted by Crippen LogP contribution is 2.34. The van der Waals surface area contributed by atoms with Gasteiger partial charge in [-0.2, -0.15) is 0 Å². The van der Waals surface area contributed by atoms with Crippen molar-refractivity contribution in [1.82, 2.24) is 10.3 Å². The Morgan fingerprint density at radius 3 is 2.24 bits per heavy atom. The molecule has 1 aromatic heterocycles. The summed E-state index contributed by atoms with van der Waals surface area (Å²) >= 11 is 9.32. The first-order chi connectivity index (χ1) is 15.8. The predicted octanol–water partition coefficient (Wildman–Crippen LogP) is 6.15. The minimum atomic E-state index is -0.371. The number of anilines is 1. The standard InChI is InChI=1S/C26H21BrClN3O2/c1-15-2-6-17(7-3-15)21-22(26(33)30-14-16-4-12-20(28)13-5-16)25(29)31-23(21)24(32)18-8-10-19(27)11-9-18/h2-13,31H,14,29H2,1H3,(H,30,33). The summed E-state index contributed by atoms with van der Waals surface area (Å²) in [5.41, 5.74) is 10.4. The summed E-state index contributed by atoms with van der Waals surface area (Å²) in [6, 6.07) is 21.9. The minimum Gasteiger partial charge on any atom is -0.385 e. The number of nitrogens with one attached hydrogen (secondary N) is 2. The SMILES string of the molecule is Cc1ccc(-c2c(C(=O)c3ccc(Br)cc3)[nH]c(N)c2C(=O)NCc2ccc(Cl)cc2)cc1. The number of halogens is 2. The van der Waals surface area contributed by atoms with E-state index in [0.29, 0.717) is 22.7 Å². The summed E-state index contributed by atoms with van der Waals surface area (Å²) in [5, 5.41) is 3.52. The number of H-pyrrole nitrogens is 1. The van der Waals surface area contributed by atoms with Gasteiger partial charge in [-0.25, -0.2) is 0 Å². The van der Waals surface area contributed by atoms with Gasteiger partial charge in [0.25, 0.3) is 5.91 Å². The highest BCUT2D eigenvalue weighted by molar-refractivity contribution is 9.10. The predicted molar refractivity (Wildman–Crippen MR) is 136 cm³/mol. The number of aromatic amines is 1. The van der Waals surface area contributed by atoms with Crippen molar-refractivity contribution in [2.24, 2.45) is 0 Å². The van der Waals surface area contributed by atoms with Crippen LogP contribution >= 0.6 is 27.5 Å². The molecule has 0 aliphatic heterocycles. The van der Waals surface area contributed by atoms with Gasteiger partial charge in [0.1, 0.15) is 5.82 Å². The Morgan fingerprint density at radius 1 is 0.970 bits per heavy atom. The summed E-state index contributed by atoms with van der Waals surface area (Å²) in [5.74, 6) is -0.481. The zero-order chi connectivity index (χ0) is 23.5. The van der Waals surface area contributed by atoms with Crippen molar-refractivity contribution in [2.75, 3.05) is 5.73 Å². The summed E-state index contributed by atoms with van der Waals surface area (Å²) in [6.45, 7) is 2.27. The Kier molecular flexibility index (Phi) is 6.67. The maximum atomic E-state index is 13.4. The van der Waals surface area contributed by atoms with Crippen molar-refractivity contribution in [3.8, 4) is 11.1 Å². The first-order valence-corrected chi connectivity index (χ1v) is 11.4. The van der Waals surface area contributed by atoms with Crippen molar-refractivity contribution >= 4 is 45.0 Å². The second kappa shape index (κ2) is 9.65. The lowest BCUT2D eigenvalue weighted by Crippen LogP contribution is -2.24. The van der Waals surface area contributed by atoms with Crippen LogP contribution in [-0.2, 0) is 6.54 Å². The van der Waals surface area contributed by atoms with Crippen molar-refractivity contribution in [3.63, 3.8) is 0 Å². The number of benzene rings is 3. The Labute approximate surface area is 205 Å². The molecule has 4 N–H and O–H groups in total. The molecule has 0 saturated carbocycles. The quantitative estimate of drug-likeness (QED) is 0.265. The van der Waals surface area contributed by atoms with E-state index in [2.05, 4.69) is 26.2 Å². The average molecular weight is 523 g/mol. The van der Waals surface area contributed by atoms with E-state index in [1.807, 2.05) is 43.3 Å². The lowest BCUT2D eigenvalue weighted by molar-refractivity contribution is 0.0952. The molecule has 166 valence electrons. The summed E-state index contributed by atoms with van der Waals surface area (Å²) in [4.78, 5) is 29.6. The smallest absolute Gasteiger partial charge is 0.255 e. The van der Waals surface area contributed by atoms with E-state index in [1.54, 1.807) is 36.4 Å². The Hall–Kier alpha value is -3.35. The van der Waals surface area contributed by atoms with Crippen molar-refractivity contribution < 1.29 is 9.59 Å². The number of ketones is 1. The van der Waals surface area contributed by atoms with Gasteiger partial charge in [0, 0.05) is 27.2 Å². The number of carbonyl (C=O) groups excluding carboxylic acids is 2. The molecule has 1 amide bonds. The molecule has 7 heteroatoms. The molecule has 1 heterocycles. The topological polar surface area (TPSA) is 88.0 Å². The van der Waals surface area contributed by atoms with Crippen LogP contribution < -0.4 is 11.1 Å². The van der Waals surface area contributed by atoms with Gasteiger partial charge in [0.2, 0.25) is 5.78 Å². The number of amides is 1. The van der Waals surface area contributed by atoms with E-state index in [9.17, 15) is 9.59 Å². The fourth-order valence-electron chi connectivity index (χ4n) is 3.55. The number of nitrogens with two attached hydrogens (primary N) is 1. The molecular weight excluding hydrogens is 502 g/mol. The first-order valence-electron chi connectivity index (χ1n) is 10.2. The second-order valence-corrected chi connectivity index (χ2v) is 9.03. The number of hydrogen-bond acceptors (Lipinski definition) is 3. The molecule has 0 spiro atoms. The summed E-state index contributed by atoms with van der Waals surface area (Å²) < 4.78 is 0.867. The number of carbonyl (C=O) groups is 2. The van der Waals surface area contributed by atoms with Gasteiger partial charge >= 0.3 is 0 Å². The maximum Gasteiger partial charge on any atom is 0.255 e. The Balaban J connectivity index is 1.75. The van der Waals surface area contributed by atoms with Crippen molar-refractivity contribution in [3.05, 3.63) is 110 Å². The normalized spacial score (nSPS) is 10.8. The number of rotatable bonds is 6. The van der Waals surface area contributed by atoms with E-state index in [-0.39, 0.29) is 28.8 Å². The van der Waals surface area contributed by atoms with Gasteiger partial charge in [-0.15, -0.1) is 0 Å². The summed E-state index contributed by atoms with van der Waals surface area (Å²) in [7, 11) is 0. The molecule has 3 aromatic carbocycles. The molecular formula is C26H21BrClN3O2. The highest BCUT2D eigenvalue weighted by atomic mass is 79.9. The van der Waals surface area contributed by atoms with Crippen molar-refractivity contribution in [1.29, 1.82) is 0 Å². The van der Waals surface area contributed by atoms with Gasteiger partial charge < -0.3 is 16.0 Å². The molecule has 33 heavy (non-hydrogen) atoms. The van der Waals surface area contributed by atoms with Crippen LogP contribution in [0.25, 0.3) is 11.1 Å². The zero-order valence-electron chi connectivity index (χ0n) is 17.8. The maximum absolute atomic E-state index is 13.4. The molecule has 0 bridgehead atoms. The van der Waals surface area contributed by atoms with E-state index >= 15 is 0 Å². The lowest BCUT2D eigenvalue weighted by atomic mass is 9.96. The van der Waals surface area contributed by atoms with Crippen LogP contribution in [0.3, 0.4) is 0 Å². The molecule has 4 rings (SSSR count). The largest absolute Gasteiger partial charge is 0.385 e. The van der Waals surface area contributed by atoms with Gasteiger partial charge in [-0.3, -0.25) is 9.59 Å². The molecule has 0 radical (unpaired) electrons. The second-order valence-electron chi connectivity index (χ2n) is 7.67. The number of aryl methyl sites for hydroxylation is 1. The Morgan fingerprint density at radius 2 is 1.61 bits per heavy atom. The third kappa shape index (κ3) is 5.02. The van der Waals surface area contributed by atoms with E-state index in [0.717, 1.165) is 21.2 Å².